The van der Waals surface area contributed by atoms with Gasteiger partial charge in [0, 0.05) is 12.1 Å². The molecule has 1 amide bonds. The summed E-state index contributed by atoms with van der Waals surface area (Å²) in [5.41, 5.74) is 2.69. The molecule has 0 radical (unpaired) electrons. The maximum Gasteiger partial charge on any atom is 0.263 e. The number of hydrogen-bond donors (Lipinski definition) is 2. The number of nitrogens with one attached hydrogen (secondary N) is 2. The zero-order chi connectivity index (χ0) is 21.6. The Morgan fingerprint density at radius 2 is 1.67 bits per heavy atom. The predicted molar refractivity (Wildman–Crippen MR) is 121 cm³/mol. The number of carbonyl (C=O) groups is 1. The van der Waals surface area contributed by atoms with E-state index in [1.807, 2.05) is 36.4 Å². The van der Waals surface area contributed by atoms with Crippen molar-refractivity contribution in [1.29, 1.82) is 0 Å². The first kappa shape index (κ1) is 21.9. The monoisotopic (exact) mass is 442 g/mol. The topological polar surface area (TPSA) is 75.3 Å². The molecule has 3 aromatic rings. The minimum Gasteiger partial charge on any atom is -0.352 e. The van der Waals surface area contributed by atoms with Crippen molar-refractivity contribution in [3.8, 4) is 0 Å². The second-order valence-electron chi connectivity index (χ2n) is 6.91. The van der Waals surface area contributed by atoms with Gasteiger partial charge in [-0.3, -0.25) is 9.52 Å². The number of sulfonamides is 1. The number of para-hydroxylation sites is 1. The molecule has 3 rings (SSSR count). The van der Waals surface area contributed by atoms with Gasteiger partial charge in [-0.1, -0.05) is 60.1 Å². The van der Waals surface area contributed by atoms with Crippen LogP contribution in [0, 0.1) is 6.92 Å². The van der Waals surface area contributed by atoms with Gasteiger partial charge in [0.15, 0.2) is 0 Å². The third-order valence-electron chi connectivity index (χ3n) is 4.64. The normalized spacial score (nSPS) is 11.1. The smallest absolute Gasteiger partial charge is 0.263 e. The van der Waals surface area contributed by atoms with Crippen molar-refractivity contribution in [3.05, 3.63) is 94.5 Å². The van der Waals surface area contributed by atoms with E-state index in [0.717, 1.165) is 18.4 Å². The Hall–Kier alpha value is -2.83. The number of amides is 1. The van der Waals surface area contributed by atoms with Crippen LogP contribution in [0.25, 0.3) is 0 Å². The van der Waals surface area contributed by atoms with Crippen LogP contribution in [-0.4, -0.2) is 20.9 Å². The number of halogens is 1. The van der Waals surface area contributed by atoms with Crippen LogP contribution in [0.3, 0.4) is 0 Å². The van der Waals surface area contributed by atoms with Crippen molar-refractivity contribution >= 4 is 33.2 Å². The van der Waals surface area contributed by atoms with Crippen molar-refractivity contribution in [2.24, 2.45) is 0 Å². The Balaban J connectivity index is 1.68. The van der Waals surface area contributed by atoms with Gasteiger partial charge in [-0.25, -0.2) is 8.42 Å². The maximum atomic E-state index is 12.8. The molecule has 0 spiro atoms. The highest BCUT2D eigenvalue weighted by Crippen LogP contribution is 2.26. The number of benzene rings is 3. The quantitative estimate of drug-likeness (QED) is 0.491. The molecule has 0 fully saturated rings. The van der Waals surface area contributed by atoms with E-state index in [9.17, 15) is 13.2 Å². The number of hydrogen-bond acceptors (Lipinski definition) is 3. The van der Waals surface area contributed by atoms with Crippen LogP contribution >= 0.6 is 11.6 Å². The number of rotatable bonds is 8. The lowest BCUT2D eigenvalue weighted by atomic mass is 10.1. The van der Waals surface area contributed by atoms with Crippen LogP contribution < -0.4 is 10.0 Å². The van der Waals surface area contributed by atoms with E-state index in [1.54, 1.807) is 25.1 Å². The molecule has 0 aliphatic heterocycles. The molecule has 0 saturated carbocycles. The van der Waals surface area contributed by atoms with Crippen molar-refractivity contribution in [3.63, 3.8) is 0 Å². The van der Waals surface area contributed by atoms with E-state index < -0.39 is 10.0 Å². The number of carbonyl (C=O) groups excluding carboxylic acids is 1. The van der Waals surface area contributed by atoms with Gasteiger partial charge in [0.05, 0.1) is 10.7 Å². The summed E-state index contributed by atoms with van der Waals surface area (Å²) >= 11 is 6.14. The second-order valence-corrected chi connectivity index (χ2v) is 8.97. The summed E-state index contributed by atoms with van der Waals surface area (Å²) in [7, 11) is -3.95. The lowest BCUT2D eigenvalue weighted by molar-refractivity contribution is 0.0953. The minimum atomic E-state index is -3.95. The van der Waals surface area contributed by atoms with Crippen LogP contribution in [0.2, 0.25) is 5.02 Å². The van der Waals surface area contributed by atoms with Crippen molar-refractivity contribution in [2.75, 3.05) is 11.3 Å². The van der Waals surface area contributed by atoms with Gasteiger partial charge < -0.3 is 5.32 Å². The van der Waals surface area contributed by atoms with Gasteiger partial charge in [0.25, 0.3) is 15.9 Å². The van der Waals surface area contributed by atoms with Gasteiger partial charge in [0.1, 0.15) is 4.90 Å². The fourth-order valence-electron chi connectivity index (χ4n) is 2.98. The fraction of sp³-hybridized carbons (Fsp3) is 0.174. The molecule has 0 unspecified atom stereocenters. The molecule has 0 saturated heterocycles. The average molecular weight is 443 g/mol. The van der Waals surface area contributed by atoms with E-state index >= 15 is 0 Å². The first-order chi connectivity index (χ1) is 14.4. The molecule has 0 atom stereocenters. The Labute approximate surface area is 182 Å². The highest BCUT2D eigenvalue weighted by atomic mass is 35.5. The summed E-state index contributed by atoms with van der Waals surface area (Å²) in [5.74, 6) is -0.341. The Morgan fingerprint density at radius 1 is 0.967 bits per heavy atom. The van der Waals surface area contributed by atoms with Crippen LogP contribution in [0.5, 0.6) is 0 Å². The molecule has 0 heterocycles. The standard InChI is InChI=1S/C23H23ClN2O3S/c1-17-8-5-6-12-21(17)26-30(28,29)22-16-19(13-14-20(22)24)23(27)25-15-7-11-18-9-3-2-4-10-18/h2-6,8-10,12-14,16,26H,7,11,15H2,1H3,(H,25,27). The van der Waals surface area contributed by atoms with E-state index in [0.29, 0.717) is 12.2 Å². The molecular weight excluding hydrogens is 420 g/mol. The molecule has 0 bridgehead atoms. The van der Waals surface area contributed by atoms with Crippen LogP contribution in [0.15, 0.2) is 77.7 Å². The molecule has 0 aromatic heterocycles. The molecule has 156 valence electrons. The SMILES string of the molecule is Cc1ccccc1NS(=O)(=O)c1cc(C(=O)NCCCc2ccccc2)ccc1Cl. The average Bonchev–Trinajstić information content (AvgIpc) is 2.73. The van der Waals surface area contributed by atoms with Crippen LogP contribution in [0.1, 0.15) is 27.9 Å². The lowest BCUT2D eigenvalue weighted by Crippen LogP contribution is -2.25. The Kier molecular flexibility index (Phi) is 7.13. The Bertz CT molecular complexity index is 1130. The second kappa shape index (κ2) is 9.78. The lowest BCUT2D eigenvalue weighted by Gasteiger charge is -2.13. The molecular formula is C23H23ClN2O3S. The zero-order valence-corrected chi connectivity index (χ0v) is 18.1. The van der Waals surface area contributed by atoms with E-state index in [-0.39, 0.29) is 21.4 Å². The molecule has 3 aromatic carbocycles. The van der Waals surface area contributed by atoms with Crippen molar-refractivity contribution in [2.45, 2.75) is 24.7 Å². The summed E-state index contributed by atoms with van der Waals surface area (Å²) in [6.45, 7) is 2.29. The summed E-state index contributed by atoms with van der Waals surface area (Å²) in [6.07, 6.45) is 1.63. The van der Waals surface area contributed by atoms with E-state index in [1.165, 1.54) is 23.8 Å². The summed E-state index contributed by atoms with van der Waals surface area (Å²) in [5, 5.41) is 2.88. The number of aryl methyl sites for hydroxylation is 2. The molecule has 0 aliphatic rings. The minimum absolute atomic E-state index is 0.0525. The molecule has 0 aliphatic carbocycles. The largest absolute Gasteiger partial charge is 0.352 e. The van der Waals surface area contributed by atoms with Crippen LogP contribution in [0.4, 0.5) is 5.69 Å². The van der Waals surface area contributed by atoms with E-state index in [4.69, 9.17) is 11.6 Å². The molecule has 7 heteroatoms. The number of anilines is 1. The first-order valence-corrected chi connectivity index (χ1v) is 11.4. The summed E-state index contributed by atoms with van der Waals surface area (Å²) < 4.78 is 28.2. The first-order valence-electron chi connectivity index (χ1n) is 9.57. The van der Waals surface area contributed by atoms with Crippen LogP contribution in [-0.2, 0) is 16.4 Å². The van der Waals surface area contributed by atoms with Gasteiger partial charge in [-0.15, -0.1) is 0 Å². The van der Waals surface area contributed by atoms with Gasteiger partial charge in [0.2, 0.25) is 0 Å². The zero-order valence-electron chi connectivity index (χ0n) is 16.6. The maximum absolute atomic E-state index is 12.8. The van der Waals surface area contributed by atoms with Gasteiger partial charge in [-0.2, -0.15) is 0 Å². The fourth-order valence-corrected chi connectivity index (χ4v) is 4.64. The van der Waals surface area contributed by atoms with Crippen molar-refractivity contribution in [1.82, 2.24) is 5.32 Å². The molecule has 5 nitrogen and oxygen atoms in total. The van der Waals surface area contributed by atoms with Gasteiger partial charge >= 0.3 is 0 Å². The molecule has 2 N–H and O–H groups in total. The Morgan fingerprint density at radius 3 is 2.40 bits per heavy atom. The predicted octanol–water partition coefficient (Wildman–Crippen LogP) is 4.81. The molecule has 30 heavy (non-hydrogen) atoms. The highest BCUT2D eigenvalue weighted by molar-refractivity contribution is 7.92. The van der Waals surface area contributed by atoms with Gasteiger partial charge in [-0.05, 0) is 55.2 Å². The van der Waals surface area contributed by atoms with E-state index in [2.05, 4.69) is 10.0 Å². The third kappa shape index (κ3) is 5.62. The third-order valence-corrected chi connectivity index (χ3v) is 6.49. The summed E-state index contributed by atoms with van der Waals surface area (Å²) in [4.78, 5) is 12.4. The summed E-state index contributed by atoms with van der Waals surface area (Å²) in [6, 6.07) is 21.3. The van der Waals surface area contributed by atoms with Crippen molar-refractivity contribution < 1.29 is 13.2 Å². The highest BCUT2D eigenvalue weighted by Gasteiger charge is 2.21.